The SMILES string of the molecule is CNc1nc(Nc2ccc(C(=O)N3CC(F)C(F)C3)cc2OC)ncc1C#N. The van der Waals surface area contributed by atoms with Gasteiger partial charge in [-0.3, -0.25) is 4.79 Å². The zero-order valence-corrected chi connectivity index (χ0v) is 15.2. The lowest BCUT2D eigenvalue weighted by Gasteiger charge is -2.17. The van der Waals surface area contributed by atoms with Gasteiger partial charge in [0.1, 0.15) is 23.2 Å². The van der Waals surface area contributed by atoms with Crippen molar-refractivity contribution in [2.24, 2.45) is 0 Å². The minimum atomic E-state index is -1.67. The molecular formula is C18H18F2N6O2. The lowest BCUT2D eigenvalue weighted by atomic mass is 10.1. The van der Waals surface area contributed by atoms with Gasteiger partial charge in [0.2, 0.25) is 5.95 Å². The molecule has 1 fully saturated rings. The average Bonchev–Trinajstić information content (AvgIpc) is 3.06. The number of anilines is 3. The van der Waals surface area contributed by atoms with Crippen LogP contribution in [0, 0.1) is 11.3 Å². The molecule has 1 amide bonds. The zero-order chi connectivity index (χ0) is 20.3. The second kappa shape index (κ2) is 8.04. The summed E-state index contributed by atoms with van der Waals surface area (Å²) in [6, 6.07) is 6.56. The van der Waals surface area contributed by atoms with Gasteiger partial charge in [0.25, 0.3) is 5.91 Å². The second-order valence-corrected chi connectivity index (χ2v) is 6.10. The van der Waals surface area contributed by atoms with Gasteiger partial charge >= 0.3 is 0 Å². The first-order valence-electron chi connectivity index (χ1n) is 8.44. The van der Waals surface area contributed by atoms with E-state index in [1.807, 2.05) is 6.07 Å². The zero-order valence-electron chi connectivity index (χ0n) is 15.2. The Balaban J connectivity index is 1.82. The lowest BCUT2D eigenvalue weighted by Crippen LogP contribution is -2.29. The maximum absolute atomic E-state index is 13.4. The molecule has 2 heterocycles. The number of amides is 1. The van der Waals surface area contributed by atoms with Crippen LogP contribution in [0.1, 0.15) is 15.9 Å². The second-order valence-electron chi connectivity index (χ2n) is 6.10. The van der Waals surface area contributed by atoms with Gasteiger partial charge in [-0.1, -0.05) is 0 Å². The van der Waals surface area contributed by atoms with E-state index in [-0.39, 0.29) is 24.6 Å². The molecule has 146 valence electrons. The minimum absolute atomic E-state index is 0.223. The average molecular weight is 388 g/mol. The van der Waals surface area contributed by atoms with Crippen LogP contribution in [0.4, 0.5) is 26.2 Å². The van der Waals surface area contributed by atoms with E-state index in [1.165, 1.54) is 25.4 Å². The fraction of sp³-hybridized carbons (Fsp3) is 0.333. The molecule has 0 spiro atoms. The molecule has 0 radical (unpaired) electrons. The third-order valence-corrected chi connectivity index (χ3v) is 4.31. The molecule has 0 saturated carbocycles. The molecule has 1 aromatic carbocycles. The number of nitriles is 1. The Morgan fingerprint density at radius 3 is 2.68 bits per heavy atom. The molecular weight excluding hydrogens is 370 g/mol. The summed E-state index contributed by atoms with van der Waals surface area (Å²) in [7, 11) is 3.06. The van der Waals surface area contributed by atoms with E-state index >= 15 is 0 Å². The molecule has 2 atom stereocenters. The number of likely N-dealkylation sites (tertiary alicyclic amines) is 1. The van der Waals surface area contributed by atoms with Crippen LogP contribution in [0.3, 0.4) is 0 Å². The van der Waals surface area contributed by atoms with Crippen LogP contribution in [0.25, 0.3) is 0 Å². The number of rotatable bonds is 5. The van der Waals surface area contributed by atoms with Crippen molar-refractivity contribution >= 4 is 23.4 Å². The summed E-state index contributed by atoms with van der Waals surface area (Å²) in [5.41, 5.74) is 1.03. The fourth-order valence-electron chi connectivity index (χ4n) is 2.84. The first kappa shape index (κ1) is 19.3. The molecule has 1 aliphatic rings. The summed E-state index contributed by atoms with van der Waals surface area (Å²) < 4.78 is 32.0. The third-order valence-electron chi connectivity index (χ3n) is 4.31. The fourth-order valence-corrected chi connectivity index (χ4v) is 2.84. The smallest absolute Gasteiger partial charge is 0.254 e. The predicted molar refractivity (Wildman–Crippen MR) is 98.3 cm³/mol. The van der Waals surface area contributed by atoms with E-state index in [0.29, 0.717) is 22.8 Å². The highest BCUT2D eigenvalue weighted by atomic mass is 19.2. The van der Waals surface area contributed by atoms with E-state index in [4.69, 9.17) is 10.00 Å². The number of benzene rings is 1. The third kappa shape index (κ3) is 3.78. The van der Waals surface area contributed by atoms with E-state index in [2.05, 4.69) is 20.6 Å². The van der Waals surface area contributed by atoms with Crippen molar-refractivity contribution in [2.45, 2.75) is 12.3 Å². The summed E-state index contributed by atoms with van der Waals surface area (Å²) in [6.45, 7) is -0.539. The highest BCUT2D eigenvalue weighted by molar-refractivity contribution is 5.95. The predicted octanol–water partition coefficient (Wildman–Crippen LogP) is 2.27. The van der Waals surface area contributed by atoms with Crippen molar-refractivity contribution in [1.29, 1.82) is 5.26 Å². The van der Waals surface area contributed by atoms with Crippen LogP contribution in [0.15, 0.2) is 24.4 Å². The van der Waals surface area contributed by atoms with Crippen LogP contribution in [-0.2, 0) is 0 Å². The molecule has 28 heavy (non-hydrogen) atoms. The maximum Gasteiger partial charge on any atom is 0.254 e. The summed E-state index contributed by atoms with van der Waals surface area (Å²) >= 11 is 0. The summed E-state index contributed by atoms with van der Waals surface area (Å²) in [4.78, 5) is 21.9. The number of ether oxygens (including phenoxy) is 1. The molecule has 2 aromatic rings. The first-order chi connectivity index (χ1) is 13.5. The first-order valence-corrected chi connectivity index (χ1v) is 8.44. The molecule has 0 aliphatic carbocycles. The molecule has 10 heteroatoms. The minimum Gasteiger partial charge on any atom is -0.495 e. The Morgan fingerprint density at radius 1 is 1.36 bits per heavy atom. The van der Waals surface area contributed by atoms with E-state index < -0.39 is 18.3 Å². The highest BCUT2D eigenvalue weighted by Gasteiger charge is 2.35. The lowest BCUT2D eigenvalue weighted by molar-refractivity contribution is 0.0778. The normalized spacial score (nSPS) is 18.5. The Hall–Kier alpha value is -3.48. The largest absolute Gasteiger partial charge is 0.495 e. The quantitative estimate of drug-likeness (QED) is 0.810. The number of carbonyl (C=O) groups is 1. The standard InChI is InChI=1S/C18H18F2N6O2/c1-22-16-11(6-21)7-23-18(25-16)24-14-4-3-10(5-15(14)28-2)17(27)26-8-12(19)13(20)9-26/h3-5,7,12-13H,8-9H2,1-2H3,(H2,22,23,24,25). The van der Waals surface area contributed by atoms with Crippen LogP contribution < -0.4 is 15.4 Å². The number of nitrogens with zero attached hydrogens (tertiary/aromatic N) is 4. The molecule has 3 rings (SSSR count). The summed E-state index contributed by atoms with van der Waals surface area (Å²) in [5.74, 6) is 0.444. The Bertz CT molecular complexity index is 923. The number of carbonyl (C=O) groups excluding carboxylic acids is 1. The number of hydrogen-bond acceptors (Lipinski definition) is 7. The summed E-state index contributed by atoms with van der Waals surface area (Å²) in [6.07, 6.45) is -1.96. The Morgan fingerprint density at radius 2 is 2.07 bits per heavy atom. The van der Waals surface area contributed by atoms with Crippen LogP contribution >= 0.6 is 0 Å². The van der Waals surface area contributed by atoms with Crippen molar-refractivity contribution in [2.75, 3.05) is 37.9 Å². The van der Waals surface area contributed by atoms with Gasteiger partial charge in [0.15, 0.2) is 12.3 Å². The van der Waals surface area contributed by atoms with Crippen LogP contribution in [0.2, 0.25) is 0 Å². The van der Waals surface area contributed by atoms with Gasteiger partial charge < -0.3 is 20.3 Å². The molecule has 1 aliphatic heterocycles. The monoisotopic (exact) mass is 388 g/mol. The number of nitrogens with one attached hydrogen (secondary N) is 2. The van der Waals surface area contributed by atoms with Crippen molar-refractivity contribution in [3.8, 4) is 11.8 Å². The highest BCUT2D eigenvalue weighted by Crippen LogP contribution is 2.29. The van der Waals surface area contributed by atoms with Gasteiger partial charge in [0, 0.05) is 12.6 Å². The number of aromatic nitrogens is 2. The van der Waals surface area contributed by atoms with Gasteiger partial charge in [-0.25, -0.2) is 13.8 Å². The van der Waals surface area contributed by atoms with E-state index in [0.717, 1.165) is 4.90 Å². The van der Waals surface area contributed by atoms with Crippen LogP contribution in [0.5, 0.6) is 5.75 Å². The van der Waals surface area contributed by atoms with Gasteiger partial charge in [-0.2, -0.15) is 10.2 Å². The van der Waals surface area contributed by atoms with Gasteiger partial charge in [0.05, 0.1) is 32.1 Å². The van der Waals surface area contributed by atoms with Crippen LogP contribution in [-0.4, -0.2) is 60.4 Å². The molecule has 2 unspecified atom stereocenters. The number of halogens is 2. The molecule has 2 N–H and O–H groups in total. The Kier molecular flexibility index (Phi) is 5.54. The topological polar surface area (TPSA) is 103 Å². The molecule has 1 aromatic heterocycles. The Labute approximate surface area is 160 Å². The maximum atomic E-state index is 13.4. The molecule has 0 bridgehead atoms. The van der Waals surface area contributed by atoms with Crippen molar-refractivity contribution in [1.82, 2.24) is 14.9 Å². The number of alkyl halides is 2. The summed E-state index contributed by atoms with van der Waals surface area (Å²) in [5, 5.41) is 14.8. The van der Waals surface area contributed by atoms with Crippen molar-refractivity contribution < 1.29 is 18.3 Å². The number of hydrogen-bond donors (Lipinski definition) is 2. The van der Waals surface area contributed by atoms with E-state index in [1.54, 1.807) is 13.1 Å². The van der Waals surface area contributed by atoms with Crippen molar-refractivity contribution in [3.63, 3.8) is 0 Å². The van der Waals surface area contributed by atoms with Gasteiger partial charge in [-0.05, 0) is 18.2 Å². The van der Waals surface area contributed by atoms with Crippen molar-refractivity contribution in [3.05, 3.63) is 35.5 Å². The molecule has 1 saturated heterocycles. The molecule has 8 nitrogen and oxygen atoms in total. The van der Waals surface area contributed by atoms with E-state index in [9.17, 15) is 13.6 Å². The number of methoxy groups -OCH3 is 1. The van der Waals surface area contributed by atoms with Gasteiger partial charge in [-0.15, -0.1) is 0 Å².